The first-order chi connectivity index (χ1) is 9.58. The predicted molar refractivity (Wildman–Crippen MR) is 83.7 cm³/mol. The number of hydrogen-bond acceptors (Lipinski definition) is 3. The number of nitrogen functional groups attached to an aromatic ring is 1. The Hall–Kier alpha value is -1.23. The first-order valence-electron chi connectivity index (χ1n) is 7.08. The fourth-order valence-electron chi connectivity index (χ4n) is 2.42. The molecule has 4 nitrogen and oxygen atoms in total. The molecular formula is C15H21BrN2O2. The minimum atomic E-state index is -0.503. The summed E-state index contributed by atoms with van der Waals surface area (Å²) in [5.41, 5.74) is 6.43. The molecule has 1 amide bonds. The summed E-state index contributed by atoms with van der Waals surface area (Å²) in [5, 5.41) is 0. The van der Waals surface area contributed by atoms with Crippen LogP contribution in [0, 0.1) is 0 Å². The van der Waals surface area contributed by atoms with E-state index in [-0.39, 0.29) is 5.91 Å². The Morgan fingerprint density at radius 2 is 1.95 bits per heavy atom. The average molecular weight is 341 g/mol. The molecule has 1 atom stereocenters. The lowest BCUT2D eigenvalue weighted by molar-refractivity contribution is -0.137. The van der Waals surface area contributed by atoms with E-state index in [0.29, 0.717) is 11.4 Å². The first-order valence-corrected chi connectivity index (χ1v) is 7.87. The summed E-state index contributed by atoms with van der Waals surface area (Å²) < 4.78 is 6.62. The highest BCUT2D eigenvalue weighted by atomic mass is 79.9. The molecule has 1 unspecified atom stereocenters. The molecule has 5 heteroatoms. The third kappa shape index (κ3) is 3.88. The third-order valence-electron chi connectivity index (χ3n) is 3.54. The number of carbonyl (C=O) groups is 1. The van der Waals surface area contributed by atoms with Crippen LogP contribution in [0.5, 0.6) is 5.75 Å². The Kier molecular flexibility index (Phi) is 5.29. The van der Waals surface area contributed by atoms with Gasteiger partial charge in [0, 0.05) is 17.6 Å². The lowest BCUT2D eigenvalue weighted by Crippen LogP contribution is -2.41. The normalized spacial score (nSPS) is 17.4. The number of anilines is 1. The number of nitrogens with two attached hydrogens (primary N) is 1. The molecule has 110 valence electrons. The predicted octanol–water partition coefficient (Wildman–Crippen LogP) is 3.20. The summed E-state index contributed by atoms with van der Waals surface area (Å²) in [6, 6.07) is 5.42. The van der Waals surface area contributed by atoms with Crippen molar-refractivity contribution < 1.29 is 9.53 Å². The van der Waals surface area contributed by atoms with Gasteiger partial charge in [0.25, 0.3) is 5.91 Å². The van der Waals surface area contributed by atoms with Crippen molar-refractivity contribution in [3.63, 3.8) is 0 Å². The Morgan fingerprint density at radius 3 is 2.55 bits per heavy atom. The summed E-state index contributed by atoms with van der Waals surface area (Å²) in [7, 11) is 0. The highest BCUT2D eigenvalue weighted by molar-refractivity contribution is 9.10. The van der Waals surface area contributed by atoms with E-state index in [0.717, 1.165) is 30.4 Å². The molecule has 0 saturated carbocycles. The number of rotatable bonds is 3. The fraction of sp³-hybridized carbons (Fsp3) is 0.533. The molecule has 0 spiro atoms. The Labute approximate surface area is 128 Å². The standard InChI is InChI=1S/C15H21BrN2O2/c1-11(15(19)18-8-4-2-3-5-9-18)20-14-7-6-12(16)10-13(14)17/h6-7,10-11H,2-5,8-9,17H2,1H3. The summed E-state index contributed by atoms with van der Waals surface area (Å²) in [6.45, 7) is 3.46. The number of benzene rings is 1. The van der Waals surface area contributed by atoms with Crippen LogP contribution in [-0.4, -0.2) is 30.0 Å². The minimum absolute atomic E-state index is 0.0502. The number of nitrogens with zero attached hydrogens (tertiary/aromatic N) is 1. The number of likely N-dealkylation sites (tertiary alicyclic amines) is 1. The van der Waals surface area contributed by atoms with Crippen molar-refractivity contribution in [2.24, 2.45) is 0 Å². The van der Waals surface area contributed by atoms with Crippen LogP contribution in [0.15, 0.2) is 22.7 Å². The van der Waals surface area contributed by atoms with Crippen LogP contribution in [0.4, 0.5) is 5.69 Å². The van der Waals surface area contributed by atoms with Gasteiger partial charge in [-0.25, -0.2) is 0 Å². The van der Waals surface area contributed by atoms with Gasteiger partial charge in [-0.15, -0.1) is 0 Å². The van der Waals surface area contributed by atoms with E-state index in [4.69, 9.17) is 10.5 Å². The molecule has 0 bridgehead atoms. The molecule has 1 saturated heterocycles. The fourth-order valence-corrected chi connectivity index (χ4v) is 2.79. The summed E-state index contributed by atoms with van der Waals surface area (Å²) in [6.07, 6.45) is 4.08. The Bertz CT molecular complexity index is 471. The second kappa shape index (κ2) is 6.97. The second-order valence-electron chi connectivity index (χ2n) is 5.18. The minimum Gasteiger partial charge on any atom is -0.479 e. The van der Waals surface area contributed by atoms with E-state index in [9.17, 15) is 4.79 Å². The first kappa shape index (κ1) is 15.2. The number of halogens is 1. The zero-order valence-electron chi connectivity index (χ0n) is 11.8. The van der Waals surface area contributed by atoms with Crippen molar-refractivity contribution in [1.29, 1.82) is 0 Å². The number of ether oxygens (including phenoxy) is 1. The molecule has 0 aromatic heterocycles. The van der Waals surface area contributed by atoms with Gasteiger partial charge in [0.2, 0.25) is 0 Å². The number of carbonyl (C=O) groups excluding carboxylic acids is 1. The lowest BCUT2D eigenvalue weighted by atomic mass is 10.2. The maximum atomic E-state index is 12.4. The molecule has 2 rings (SSSR count). The van der Waals surface area contributed by atoms with E-state index < -0.39 is 6.10 Å². The molecule has 1 aromatic rings. The van der Waals surface area contributed by atoms with Crippen molar-refractivity contribution in [2.45, 2.75) is 38.7 Å². The zero-order valence-corrected chi connectivity index (χ0v) is 13.4. The monoisotopic (exact) mass is 340 g/mol. The van der Waals surface area contributed by atoms with Gasteiger partial charge in [-0.05, 0) is 38.0 Å². The summed E-state index contributed by atoms with van der Waals surface area (Å²) in [5.74, 6) is 0.609. The quantitative estimate of drug-likeness (QED) is 0.859. The molecule has 0 aliphatic carbocycles. The van der Waals surface area contributed by atoms with Gasteiger partial charge in [0.15, 0.2) is 6.10 Å². The van der Waals surface area contributed by atoms with Gasteiger partial charge in [-0.1, -0.05) is 28.8 Å². The van der Waals surface area contributed by atoms with E-state index in [1.54, 1.807) is 19.1 Å². The number of hydrogen-bond donors (Lipinski definition) is 1. The van der Waals surface area contributed by atoms with Crippen LogP contribution < -0.4 is 10.5 Å². The van der Waals surface area contributed by atoms with E-state index in [1.807, 2.05) is 11.0 Å². The van der Waals surface area contributed by atoms with Crippen molar-refractivity contribution in [1.82, 2.24) is 4.90 Å². The molecule has 1 aliphatic heterocycles. The second-order valence-corrected chi connectivity index (χ2v) is 6.10. The van der Waals surface area contributed by atoms with Gasteiger partial charge in [-0.2, -0.15) is 0 Å². The topological polar surface area (TPSA) is 55.6 Å². The molecule has 2 N–H and O–H groups in total. The van der Waals surface area contributed by atoms with Crippen molar-refractivity contribution >= 4 is 27.5 Å². The molecule has 1 aromatic carbocycles. The lowest BCUT2D eigenvalue weighted by Gasteiger charge is -2.25. The van der Waals surface area contributed by atoms with Crippen molar-refractivity contribution in [2.75, 3.05) is 18.8 Å². The Balaban J connectivity index is 1.99. The SMILES string of the molecule is CC(Oc1ccc(Br)cc1N)C(=O)N1CCCCCC1. The van der Waals surface area contributed by atoms with Gasteiger partial charge < -0.3 is 15.4 Å². The molecular weight excluding hydrogens is 320 g/mol. The average Bonchev–Trinajstić information content (AvgIpc) is 2.70. The van der Waals surface area contributed by atoms with Gasteiger partial charge in [0.05, 0.1) is 5.69 Å². The van der Waals surface area contributed by atoms with Gasteiger partial charge >= 0.3 is 0 Å². The van der Waals surface area contributed by atoms with E-state index in [2.05, 4.69) is 15.9 Å². The highest BCUT2D eigenvalue weighted by Crippen LogP contribution is 2.26. The van der Waals surface area contributed by atoms with Crippen LogP contribution >= 0.6 is 15.9 Å². The molecule has 1 fully saturated rings. The van der Waals surface area contributed by atoms with E-state index in [1.165, 1.54) is 12.8 Å². The molecule has 20 heavy (non-hydrogen) atoms. The van der Waals surface area contributed by atoms with Gasteiger partial charge in [0.1, 0.15) is 5.75 Å². The van der Waals surface area contributed by atoms with Crippen LogP contribution in [0.3, 0.4) is 0 Å². The van der Waals surface area contributed by atoms with Gasteiger partial charge in [-0.3, -0.25) is 4.79 Å². The molecule has 0 radical (unpaired) electrons. The summed E-state index contributed by atoms with van der Waals surface area (Å²) >= 11 is 3.35. The smallest absolute Gasteiger partial charge is 0.263 e. The highest BCUT2D eigenvalue weighted by Gasteiger charge is 2.23. The van der Waals surface area contributed by atoms with Crippen LogP contribution in [-0.2, 0) is 4.79 Å². The maximum absolute atomic E-state index is 12.4. The maximum Gasteiger partial charge on any atom is 0.263 e. The van der Waals surface area contributed by atoms with Crippen LogP contribution in [0.2, 0.25) is 0 Å². The third-order valence-corrected chi connectivity index (χ3v) is 4.03. The largest absolute Gasteiger partial charge is 0.479 e. The summed E-state index contributed by atoms with van der Waals surface area (Å²) in [4.78, 5) is 14.3. The van der Waals surface area contributed by atoms with Crippen LogP contribution in [0.25, 0.3) is 0 Å². The van der Waals surface area contributed by atoms with Crippen LogP contribution in [0.1, 0.15) is 32.6 Å². The molecule has 1 aliphatic rings. The van der Waals surface area contributed by atoms with Crippen molar-refractivity contribution in [3.05, 3.63) is 22.7 Å². The zero-order chi connectivity index (χ0) is 14.5. The Morgan fingerprint density at radius 1 is 1.30 bits per heavy atom. The van der Waals surface area contributed by atoms with Crippen molar-refractivity contribution in [3.8, 4) is 5.75 Å². The van der Waals surface area contributed by atoms with E-state index >= 15 is 0 Å². The number of amides is 1. The molecule has 1 heterocycles.